The highest BCUT2D eigenvalue weighted by Crippen LogP contribution is 2.62. The van der Waals surface area contributed by atoms with Gasteiger partial charge in [-0.05, 0) is 62.8 Å². The van der Waals surface area contributed by atoms with E-state index in [0.29, 0.717) is 24.8 Å². The molecule has 0 bridgehead atoms. The third-order valence-electron chi connectivity index (χ3n) is 8.40. The predicted octanol–water partition coefficient (Wildman–Crippen LogP) is 2.12. The molecule has 2 aliphatic carbocycles. The Bertz CT molecular complexity index is 648. The Morgan fingerprint density at radius 2 is 2.11 bits per heavy atom. The average Bonchev–Trinajstić information content (AvgIpc) is 3.20. The Balaban J connectivity index is 1.15. The SMILES string of the molecule is CC12CCCC3(CO3)C1CC1C(C2)OC(=O)C1CNCCCN1CCCC1=O. The van der Waals surface area contributed by atoms with E-state index in [9.17, 15) is 9.59 Å². The number of hydrogen-bond acceptors (Lipinski definition) is 5. The van der Waals surface area contributed by atoms with Gasteiger partial charge in [-0.2, -0.15) is 0 Å². The van der Waals surface area contributed by atoms with Crippen LogP contribution in [0.25, 0.3) is 0 Å². The van der Waals surface area contributed by atoms with Crippen molar-refractivity contribution in [2.75, 3.05) is 32.8 Å². The number of ether oxygens (including phenoxy) is 2. The molecule has 156 valence electrons. The van der Waals surface area contributed by atoms with Gasteiger partial charge in [0.25, 0.3) is 0 Å². The molecule has 1 N–H and O–H groups in total. The molecule has 1 spiro atoms. The van der Waals surface area contributed by atoms with Crippen molar-refractivity contribution in [2.45, 2.75) is 70.0 Å². The quantitative estimate of drug-likeness (QED) is 0.427. The lowest BCUT2D eigenvalue weighted by Crippen LogP contribution is -2.51. The molecule has 5 fully saturated rings. The van der Waals surface area contributed by atoms with Crippen molar-refractivity contribution in [3.05, 3.63) is 0 Å². The lowest BCUT2D eigenvalue weighted by atomic mass is 9.53. The molecular formula is C22H34N2O4. The van der Waals surface area contributed by atoms with Crippen LogP contribution in [0.3, 0.4) is 0 Å². The van der Waals surface area contributed by atoms with Crippen molar-refractivity contribution < 1.29 is 19.1 Å². The van der Waals surface area contributed by atoms with E-state index in [-0.39, 0.29) is 34.9 Å². The molecule has 3 saturated heterocycles. The number of esters is 1. The van der Waals surface area contributed by atoms with Gasteiger partial charge in [0, 0.05) is 32.0 Å². The van der Waals surface area contributed by atoms with Crippen molar-refractivity contribution in [2.24, 2.45) is 23.2 Å². The molecule has 5 rings (SSSR count). The Hall–Kier alpha value is -1.14. The molecule has 0 radical (unpaired) electrons. The molecule has 1 amide bonds. The Labute approximate surface area is 167 Å². The molecule has 3 aliphatic heterocycles. The van der Waals surface area contributed by atoms with E-state index in [4.69, 9.17) is 9.47 Å². The first-order valence-corrected chi connectivity index (χ1v) is 11.3. The number of nitrogens with one attached hydrogen (secondary N) is 1. The van der Waals surface area contributed by atoms with Crippen LogP contribution in [0.2, 0.25) is 0 Å². The van der Waals surface area contributed by atoms with E-state index >= 15 is 0 Å². The lowest BCUT2D eigenvalue weighted by molar-refractivity contribution is -0.147. The summed E-state index contributed by atoms with van der Waals surface area (Å²) >= 11 is 0. The first-order valence-electron chi connectivity index (χ1n) is 11.3. The van der Waals surface area contributed by atoms with Gasteiger partial charge in [-0.15, -0.1) is 0 Å². The number of rotatable bonds is 6. The van der Waals surface area contributed by atoms with Crippen molar-refractivity contribution in [3.63, 3.8) is 0 Å². The summed E-state index contributed by atoms with van der Waals surface area (Å²) < 4.78 is 11.8. The van der Waals surface area contributed by atoms with Crippen molar-refractivity contribution in [1.82, 2.24) is 10.2 Å². The second-order valence-electron chi connectivity index (χ2n) is 10.1. The van der Waals surface area contributed by atoms with Gasteiger partial charge in [0.05, 0.1) is 18.1 Å². The molecule has 6 atom stereocenters. The Morgan fingerprint density at radius 3 is 2.86 bits per heavy atom. The molecule has 28 heavy (non-hydrogen) atoms. The van der Waals surface area contributed by atoms with Crippen LogP contribution in [0, 0.1) is 23.2 Å². The lowest BCUT2D eigenvalue weighted by Gasteiger charge is -2.51. The van der Waals surface area contributed by atoms with E-state index in [2.05, 4.69) is 12.2 Å². The number of carbonyl (C=O) groups excluding carboxylic acids is 2. The Morgan fingerprint density at radius 1 is 1.25 bits per heavy atom. The minimum atomic E-state index is -0.0271. The highest BCUT2D eigenvalue weighted by atomic mass is 16.6. The van der Waals surface area contributed by atoms with E-state index in [0.717, 1.165) is 51.9 Å². The van der Waals surface area contributed by atoms with Crippen LogP contribution in [0.1, 0.15) is 58.3 Å². The fourth-order valence-electron chi connectivity index (χ4n) is 6.78. The van der Waals surface area contributed by atoms with Crippen LogP contribution < -0.4 is 5.32 Å². The molecular weight excluding hydrogens is 356 g/mol. The maximum atomic E-state index is 12.6. The minimum absolute atomic E-state index is 0.00904. The number of amides is 1. The summed E-state index contributed by atoms with van der Waals surface area (Å²) in [5.74, 6) is 1.16. The highest BCUT2D eigenvalue weighted by Gasteiger charge is 2.64. The molecule has 0 aromatic rings. The van der Waals surface area contributed by atoms with Crippen molar-refractivity contribution in [1.29, 1.82) is 0 Å². The van der Waals surface area contributed by atoms with E-state index in [1.165, 1.54) is 19.3 Å². The number of epoxide rings is 1. The molecule has 6 nitrogen and oxygen atoms in total. The van der Waals surface area contributed by atoms with Crippen LogP contribution in [0.15, 0.2) is 0 Å². The summed E-state index contributed by atoms with van der Waals surface area (Å²) in [4.78, 5) is 26.2. The maximum absolute atomic E-state index is 12.6. The number of fused-ring (bicyclic) bond motifs is 3. The largest absolute Gasteiger partial charge is 0.462 e. The zero-order valence-electron chi connectivity index (χ0n) is 17.1. The van der Waals surface area contributed by atoms with Crippen LogP contribution in [-0.4, -0.2) is 61.3 Å². The van der Waals surface area contributed by atoms with E-state index in [1.54, 1.807) is 0 Å². The van der Waals surface area contributed by atoms with Gasteiger partial charge >= 0.3 is 5.97 Å². The standard InChI is InChI=1S/C22H34N2O4/c1-21-6-3-7-22(14-27-22)18(21)11-15-16(20(26)28-17(15)12-21)13-23-8-4-10-24-9-2-5-19(24)25/h15-18,23H,2-14H2,1H3. The number of carbonyl (C=O) groups is 2. The second kappa shape index (κ2) is 6.98. The first-order chi connectivity index (χ1) is 13.5. The average molecular weight is 391 g/mol. The van der Waals surface area contributed by atoms with Crippen LogP contribution >= 0.6 is 0 Å². The monoisotopic (exact) mass is 390 g/mol. The van der Waals surface area contributed by atoms with Gasteiger partial charge in [0.1, 0.15) is 6.10 Å². The molecule has 0 aromatic carbocycles. The van der Waals surface area contributed by atoms with Gasteiger partial charge < -0.3 is 19.7 Å². The van der Waals surface area contributed by atoms with Crippen LogP contribution in [-0.2, 0) is 19.1 Å². The molecule has 6 heteroatoms. The Kier molecular flexibility index (Phi) is 4.70. The number of hydrogen-bond donors (Lipinski definition) is 1. The number of nitrogens with zero attached hydrogens (tertiary/aromatic N) is 1. The second-order valence-corrected chi connectivity index (χ2v) is 10.1. The van der Waals surface area contributed by atoms with Crippen LogP contribution in [0.5, 0.6) is 0 Å². The predicted molar refractivity (Wildman–Crippen MR) is 104 cm³/mol. The highest BCUT2D eigenvalue weighted by molar-refractivity contribution is 5.78. The zero-order valence-corrected chi connectivity index (χ0v) is 17.1. The molecule has 2 saturated carbocycles. The zero-order chi connectivity index (χ0) is 19.4. The molecule has 0 aromatic heterocycles. The van der Waals surface area contributed by atoms with Gasteiger partial charge in [0.2, 0.25) is 5.91 Å². The fraction of sp³-hybridized carbons (Fsp3) is 0.909. The normalized spacial score (nSPS) is 44.5. The summed E-state index contributed by atoms with van der Waals surface area (Å²) in [6, 6.07) is 0. The number of likely N-dealkylation sites (tertiary alicyclic amines) is 1. The minimum Gasteiger partial charge on any atom is -0.462 e. The van der Waals surface area contributed by atoms with Gasteiger partial charge in [-0.25, -0.2) is 0 Å². The van der Waals surface area contributed by atoms with Crippen molar-refractivity contribution >= 4 is 11.9 Å². The molecule has 3 heterocycles. The fourth-order valence-corrected chi connectivity index (χ4v) is 6.78. The van der Waals surface area contributed by atoms with Crippen LogP contribution in [0.4, 0.5) is 0 Å². The molecule has 5 aliphatic rings. The summed E-state index contributed by atoms with van der Waals surface area (Å²) in [5.41, 5.74) is 0.380. The summed E-state index contributed by atoms with van der Waals surface area (Å²) in [6.45, 7) is 6.59. The summed E-state index contributed by atoms with van der Waals surface area (Å²) in [6.07, 6.45) is 8.48. The smallest absolute Gasteiger partial charge is 0.310 e. The topological polar surface area (TPSA) is 71.2 Å². The summed E-state index contributed by atoms with van der Waals surface area (Å²) in [7, 11) is 0. The summed E-state index contributed by atoms with van der Waals surface area (Å²) in [5, 5.41) is 3.48. The van der Waals surface area contributed by atoms with E-state index < -0.39 is 0 Å². The van der Waals surface area contributed by atoms with Gasteiger partial charge in [-0.3, -0.25) is 9.59 Å². The van der Waals surface area contributed by atoms with Gasteiger partial charge in [-0.1, -0.05) is 6.92 Å². The maximum Gasteiger partial charge on any atom is 0.310 e. The third-order valence-corrected chi connectivity index (χ3v) is 8.40. The first kappa shape index (κ1) is 18.9. The van der Waals surface area contributed by atoms with Gasteiger partial charge in [0.15, 0.2) is 0 Å². The third kappa shape index (κ3) is 3.17. The molecule has 6 unspecified atom stereocenters. The van der Waals surface area contributed by atoms with Crippen molar-refractivity contribution in [3.8, 4) is 0 Å². The van der Waals surface area contributed by atoms with E-state index in [1.807, 2.05) is 4.90 Å².